The third kappa shape index (κ3) is 4.28. The molecule has 1 aromatic carbocycles. The van der Waals surface area contributed by atoms with Crippen LogP contribution in [0.15, 0.2) is 59.7 Å². The van der Waals surface area contributed by atoms with Crippen LogP contribution in [0.3, 0.4) is 0 Å². The number of anilines is 2. The zero-order chi connectivity index (χ0) is 21.1. The summed E-state index contributed by atoms with van der Waals surface area (Å²) in [5, 5.41) is 10.1. The second-order valence-corrected chi connectivity index (χ2v) is 7.57. The molecule has 0 unspecified atom stereocenters. The van der Waals surface area contributed by atoms with Gasteiger partial charge in [0, 0.05) is 35.8 Å². The van der Waals surface area contributed by atoms with E-state index in [-0.39, 0.29) is 29.9 Å². The molecule has 0 spiro atoms. The van der Waals surface area contributed by atoms with Crippen molar-refractivity contribution in [3.8, 4) is 0 Å². The van der Waals surface area contributed by atoms with E-state index in [1.807, 2.05) is 10.9 Å². The fourth-order valence-corrected chi connectivity index (χ4v) is 3.48. The van der Waals surface area contributed by atoms with Crippen LogP contribution >= 0.6 is 0 Å². The molecule has 8 heteroatoms. The molecular formula is C22H24N4O4. The minimum Gasteiger partial charge on any atom is -0.472 e. The van der Waals surface area contributed by atoms with E-state index in [0.717, 1.165) is 5.56 Å². The smallest absolute Gasteiger partial charge is 0.258 e. The first-order valence-corrected chi connectivity index (χ1v) is 9.91. The average molecular weight is 408 g/mol. The van der Waals surface area contributed by atoms with Gasteiger partial charge in [-0.05, 0) is 44.5 Å². The molecule has 0 saturated carbocycles. The first-order chi connectivity index (χ1) is 14.5. The Morgan fingerprint density at radius 3 is 2.70 bits per heavy atom. The summed E-state index contributed by atoms with van der Waals surface area (Å²) in [6, 6.07) is 8.87. The minimum absolute atomic E-state index is 0.117. The molecule has 1 aliphatic rings. The standard InChI is InChI=1S/C22H24N4O4/c1-14(2)26-12-16(11-23-26)20-19(7-9-30-20)22(28)25-18-5-3-4-17(10-18)24-21(27)15-6-8-29-13-15/h3-6,8,10-14,19-20H,7,9H2,1-2H3,(H,24,27)(H,25,28)/t19-,20+/m0/s1. The molecule has 156 valence electrons. The Bertz CT molecular complexity index is 1030. The van der Waals surface area contributed by atoms with E-state index in [4.69, 9.17) is 9.15 Å². The molecule has 0 aliphatic carbocycles. The maximum Gasteiger partial charge on any atom is 0.258 e. The van der Waals surface area contributed by atoms with E-state index in [1.165, 1.54) is 12.5 Å². The number of rotatable bonds is 6. The van der Waals surface area contributed by atoms with Gasteiger partial charge in [-0.2, -0.15) is 5.10 Å². The third-order valence-corrected chi connectivity index (χ3v) is 5.08. The Hall–Kier alpha value is -3.39. The number of hydrogen-bond acceptors (Lipinski definition) is 5. The van der Waals surface area contributed by atoms with Crippen LogP contribution in [0.25, 0.3) is 0 Å². The maximum atomic E-state index is 12.9. The molecule has 1 aliphatic heterocycles. The fraction of sp³-hybridized carbons (Fsp3) is 0.318. The SMILES string of the molecule is CC(C)n1cc([C@H]2OCC[C@@H]2C(=O)Nc2cccc(NC(=O)c3ccoc3)c2)cn1. The van der Waals surface area contributed by atoms with Crippen molar-refractivity contribution in [2.24, 2.45) is 5.92 Å². The van der Waals surface area contributed by atoms with E-state index in [9.17, 15) is 9.59 Å². The zero-order valence-corrected chi connectivity index (χ0v) is 16.9. The lowest BCUT2D eigenvalue weighted by Crippen LogP contribution is -2.25. The number of aromatic nitrogens is 2. The van der Waals surface area contributed by atoms with Crippen molar-refractivity contribution >= 4 is 23.2 Å². The minimum atomic E-state index is -0.318. The van der Waals surface area contributed by atoms with E-state index in [0.29, 0.717) is 30.0 Å². The predicted octanol–water partition coefficient (Wildman–Crippen LogP) is 4.03. The van der Waals surface area contributed by atoms with Gasteiger partial charge in [-0.3, -0.25) is 14.3 Å². The van der Waals surface area contributed by atoms with Crippen molar-refractivity contribution in [3.63, 3.8) is 0 Å². The number of carbonyl (C=O) groups is 2. The first kappa shape index (κ1) is 19.9. The number of amides is 2. The first-order valence-electron chi connectivity index (χ1n) is 9.91. The van der Waals surface area contributed by atoms with Crippen molar-refractivity contribution in [1.29, 1.82) is 0 Å². The van der Waals surface area contributed by atoms with Gasteiger partial charge in [-0.25, -0.2) is 0 Å². The molecule has 2 amide bonds. The van der Waals surface area contributed by atoms with Crippen LogP contribution < -0.4 is 10.6 Å². The number of benzene rings is 1. The second kappa shape index (κ2) is 8.54. The summed E-state index contributed by atoms with van der Waals surface area (Å²) in [5.74, 6) is -0.703. The van der Waals surface area contributed by atoms with Crippen LogP contribution in [0, 0.1) is 5.92 Å². The topological polar surface area (TPSA) is 98.4 Å². The van der Waals surface area contributed by atoms with E-state index in [2.05, 4.69) is 29.6 Å². The van der Waals surface area contributed by atoms with Crippen LogP contribution in [0.5, 0.6) is 0 Å². The van der Waals surface area contributed by atoms with Gasteiger partial charge in [0.1, 0.15) is 6.26 Å². The molecule has 30 heavy (non-hydrogen) atoms. The van der Waals surface area contributed by atoms with Gasteiger partial charge in [0.15, 0.2) is 0 Å². The molecule has 1 saturated heterocycles. The van der Waals surface area contributed by atoms with Crippen LogP contribution in [-0.4, -0.2) is 28.2 Å². The fourth-order valence-electron chi connectivity index (χ4n) is 3.48. The lowest BCUT2D eigenvalue weighted by Gasteiger charge is -2.17. The highest BCUT2D eigenvalue weighted by molar-refractivity contribution is 6.04. The molecule has 3 heterocycles. The number of nitrogens with one attached hydrogen (secondary N) is 2. The number of furan rings is 1. The molecule has 0 radical (unpaired) electrons. The lowest BCUT2D eigenvalue weighted by atomic mass is 9.96. The Morgan fingerprint density at radius 2 is 2.00 bits per heavy atom. The van der Waals surface area contributed by atoms with Gasteiger partial charge < -0.3 is 19.8 Å². The number of nitrogens with zero attached hydrogens (tertiary/aromatic N) is 2. The largest absolute Gasteiger partial charge is 0.472 e. The molecule has 2 atom stereocenters. The molecule has 2 aromatic heterocycles. The lowest BCUT2D eigenvalue weighted by molar-refractivity contribution is -0.121. The van der Waals surface area contributed by atoms with Gasteiger partial charge in [0.05, 0.1) is 30.0 Å². The normalized spacial score (nSPS) is 18.5. The number of carbonyl (C=O) groups excluding carboxylic acids is 2. The van der Waals surface area contributed by atoms with Crippen molar-refractivity contribution in [1.82, 2.24) is 9.78 Å². The van der Waals surface area contributed by atoms with Crippen LogP contribution in [0.2, 0.25) is 0 Å². The monoisotopic (exact) mass is 408 g/mol. The zero-order valence-electron chi connectivity index (χ0n) is 16.9. The van der Waals surface area contributed by atoms with Crippen molar-refractivity contribution in [3.05, 3.63) is 66.4 Å². The van der Waals surface area contributed by atoms with Gasteiger partial charge in [-0.15, -0.1) is 0 Å². The highest BCUT2D eigenvalue weighted by atomic mass is 16.5. The van der Waals surface area contributed by atoms with Gasteiger partial charge >= 0.3 is 0 Å². The highest BCUT2D eigenvalue weighted by Crippen LogP contribution is 2.35. The van der Waals surface area contributed by atoms with Gasteiger partial charge in [0.25, 0.3) is 5.91 Å². The van der Waals surface area contributed by atoms with E-state index in [1.54, 1.807) is 36.5 Å². The van der Waals surface area contributed by atoms with Crippen LogP contribution in [0.4, 0.5) is 11.4 Å². The predicted molar refractivity (Wildman–Crippen MR) is 111 cm³/mol. The third-order valence-electron chi connectivity index (χ3n) is 5.08. The summed E-state index contributed by atoms with van der Waals surface area (Å²) in [6.07, 6.45) is 6.84. The van der Waals surface area contributed by atoms with Crippen LogP contribution in [0.1, 0.15) is 48.3 Å². The molecule has 4 rings (SSSR count). The summed E-state index contributed by atoms with van der Waals surface area (Å²) < 4.78 is 12.6. The molecule has 0 bridgehead atoms. The van der Waals surface area contributed by atoms with E-state index >= 15 is 0 Å². The Morgan fingerprint density at radius 1 is 1.20 bits per heavy atom. The summed E-state index contributed by atoms with van der Waals surface area (Å²) in [6.45, 7) is 4.63. The molecule has 2 N–H and O–H groups in total. The summed E-state index contributed by atoms with van der Waals surface area (Å²) in [7, 11) is 0. The maximum absolute atomic E-state index is 12.9. The van der Waals surface area contributed by atoms with Crippen molar-refractivity contribution < 1.29 is 18.7 Å². The Labute approximate surface area is 174 Å². The number of ether oxygens (including phenoxy) is 1. The van der Waals surface area contributed by atoms with E-state index < -0.39 is 0 Å². The molecular weight excluding hydrogens is 384 g/mol. The second-order valence-electron chi connectivity index (χ2n) is 7.57. The summed E-state index contributed by atoms with van der Waals surface area (Å²) >= 11 is 0. The van der Waals surface area contributed by atoms with Crippen LogP contribution in [-0.2, 0) is 9.53 Å². The quantitative estimate of drug-likeness (QED) is 0.642. The highest BCUT2D eigenvalue weighted by Gasteiger charge is 2.36. The number of hydrogen-bond donors (Lipinski definition) is 2. The van der Waals surface area contributed by atoms with Gasteiger partial charge in [0.2, 0.25) is 5.91 Å². The Balaban J connectivity index is 1.43. The summed E-state index contributed by atoms with van der Waals surface area (Å²) in [5.41, 5.74) is 2.52. The molecule has 3 aromatic rings. The summed E-state index contributed by atoms with van der Waals surface area (Å²) in [4.78, 5) is 25.1. The Kier molecular flexibility index (Phi) is 5.67. The van der Waals surface area contributed by atoms with Crippen molar-refractivity contribution in [2.75, 3.05) is 17.2 Å². The van der Waals surface area contributed by atoms with Gasteiger partial charge in [-0.1, -0.05) is 6.07 Å². The van der Waals surface area contributed by atoms with Crippen molar-refractivity contribution in [2.45, 2.75) is 32.4 Å². The molecule has 8 nitrogen and oxygen atoms in total. The molecule has 1 fully saturated rings. The average Bonchev–Trinajstić information content (AvgIpc) is 3.49.